The van der Waals surface area contributed by atoms with Crippen LogP contribution in [0, 0.1) is 0 Å². The maximum Gasteiger partial charge on any atom is 0.252 e. The average Bonchev–Trinajstić information content (AvgIpc) is 3.12. The average molecular weight is 393 g/mol. The van der Waals surface area contributed by atoms with Gasteiger partial charge in [-0.2, -0.15) is 4.31 Å². The van der Waals surface area contributed by atoms with Crippen LogP contribution in [0.15, 0.2) is 46.7 Å². The van der Waals surface area contributed by atoms with Crippen molar-refractivity contribution in [3.63, 3.8) is 0 Å². The van der Waals surface area contributed by atoms with Crippen LogP contribution in [-0.2, 0) is 27.7 Å². The Labute approximate surface area is 159 Å². The maximum absolute atomic E-state index is 12.7. The summed E-state index contributed by atoms with van der Waals surface area (Å²) in [7, 11) is -3.41. The number of piperidine rings is 1. The molecule has 5 nitrogen and oxygen atoms in total. The van der Waals surface area contributed by atoms with E-state index >= 15 is 0 Å². The molecule has 2 heterocycles. The van der Waals surface area contributed by atoms with Gasteiger partial charge in [-0.15, -0.1) is 11.3 Å². The molecule has 0 aliphatic carbocycles. The van der Waals surface area contributed by atoms with Crippen molar-refractivity contribution in [2.24, 2.45) is 0 Å². The summed E-state index contributed by atoms with van der Waals surface area (Å²) >= 11 is 1.20. The zero-order valence-corrected chi connectivity index (χ0v) is 16.3. The minimum Gasteiger partial charge on any atom is -0.355 e. The van der Waals surface area contributed by atoms with E-state index in [0.717, 1.165) is 30.6 Å². The van der Waals surface area contributed by atoms with Crippen LogP contribution < -0.4 is 5.32 Å². The highest BCUT2D eigenvalue weighted by Gasteiger charge is 2.27. The highest BCUT2D eigenvalue weighted by molar-refractivity contribution is 7.91. The highest BCUT2D eigenvalue weighted by atomic mass is 32.2. The van der Waals surface area contributed by atoms with Gasteiger partial charge < -0.3 is 5.32 Å². The lowest BCUT2D eigenvalue weighted by atomic mass is 10.1. The van der Waals surface area contributed by atoms with Gasteiger partial charge in [0.1, 0.15) is 4.21 Å². The summed E-state index contributed by atoms with van der Waals surface area (Å²) < 4.78 is 27.2. The number of amides is 1. The lowest BCUT2D eigenvalue weighted by Gasteiger charge is -2.25. The molecular weight excluding hydrogens is 368 g/mol. The van der Waals surface area contributed by atoms with Crippen molar-refractivity contribution in [2.75, 3.05) is 19.6 Å². The molecule has 1 saturated heterocycles. The molecular formula is C19H24N2O3S2. The molecule has 1 fully saturated rings. The molecule has 7 heteroatoms. The van der Waals surface area contributed by atoms with Crippen molar-refractivity contribution < 1.29 is 13.2 Å². The van der Waals surface area contributed by atoms with Crippen LogP contribution in [0.25, 0.3) is 0 Å². The second-order valence-corrected chi connectivity index (χ2v) is 9.78. The molecule has 0 bridgehead atoms. The molecule has 1 aliphatic rings. The van der Waals surface area contributed by atoms with E-state index in [4.69, 9.17) is 0 Å². The molecule has 3 rings (SSSR count). The van der Waals surface area contributed by atoms with Gasteiger partial charge in [-0.3, -0.25) is 4.79 Å². The molecule has 26 heavy (non-hydrogen) atoms. The first-order chi connectivity index (χ1) is 12.6. The summed E-state index contributed by atoms with van der Waals surface area (Å²) in [6.07, 6.45) is 3.92. The Hall–Kier alpha value is -1.70. The number of nitrogens with one attached hydrogen (secondary N) is 1. The van der Waals surface area contributed by atoms with Crippen LogP contribution in [0.1, 0.15) is 29.7 Å². The van der Waals surface area contributed by atoms with E-state index in [-0.39, 0.29) is 12.3 Å². The highest BCUT2D eigenvalue weighted by Crippen LogP contribution is 2.27. The molecule has 1 N–H and O–H groups in total. The van der Waals surface area contributed by atoms with E-state index in [1.807, 2.05) is 30.3 Å². The third-order valence-electron chi connectivity index (χ3n) is 4.46. The monoisotopic (exact) mass is 392 g/mol. The largest absolute Gasteiger partial charge is 0.355 e. The SMILES string of the molecule is O=C(Cc1ccc(S(=O)(=O)N2CCCCC2)s1)NCCc1ccccc1. The number of carbonyl (C=O) groups is 1. The zero-order valence-electron chi connectivity index (χ0n) is 14.7. The smallest absolute Gasteiger partial charge is 0.252 e. The minimum absolute atomic E-state index is 0.0790. The normalized spacial score (nSPS) is 15.7. The van der Waals surface area contributed by atoms with Crippen LogP contribution in [0.3, 0.4) is 0 Å². The summed E-state index contributed by atoms with van der Waals surface area (Å²) in [6.45, 7) is 1.76. The van der Waals surface area contributed by atoms with E-state index in [2.05, 4.69) is 5.32 Å². The predicted molar refractivity (Wildman–Crippen MR) is 104 cm³/mol. The maximum atomic E-state index is 12.7. The molecule has 1 amide bonds. The Balaban J connectivity index is 1.52. The van der Waals surface area contributed by atoms with Gasteiger partial charge in [0.25, 0.3) is 10.0 Å². The zero-order chi connectivity index (χ0) is 18.4. The van der Waals surface area contributed by atoms with Crippen LogP contribution in [-0.4, -0.2) is 38.3 Å². The van der Waals surface area contributed by atoms with Crippen LogP contribution in [0.5, 0.6) is 0 Å². The van der Waals surface area contributed by atoms with E-state index in [1.54, 1.807) is 16.4 Å². The summed E-state index contributed by atoms with van der Waals surface area (Å²) in [4.78, 5) is 12.9. The predicted octanol–water partition coefficient (Wildman–Crippen LogP) is 2.82. The van der Waals surface area contributed by atoms with Gasteiger partial charge in [0, 0.05) is 24.5 Å². The molecule has 0 spiro atoms. The Morgan fingerprint density at radius 2 is 1.77 bits per heavy atom. The standard InChI is InChI=1S/C19H24N2O3S2/c22-18(20-12-11-16-7-3-1-4-8-16)15-17-9-10-19(25-17)26(23,24)21-13-5-2-6-14-21/h1,3-4,7-10H,2,5-6,11-15H2,(H,20,22). The molecule has 0 saturated carbocycles. The Morgan fingerprint density at radius 1 is 1.04 bits per heavy atom. The molecule has 0 radical (unpaired) electrons. The van der Waals surface area contributed by atoms with Crippen LogP contribution in [0.4, 0.5) is 0 Å². The summed E-state index contributed by atoms with van der Waals surface area (Å²) in [6, 6.07) is 13.4. The number of hydrogen-bond donors (Lipinski definition) is 1. The first-order valence-electron chi connectivity index (χ1n) is 8.95. The molecule has 1 aliphatic heterocycles. The fourth-order valence-electron chi connectivity index (χ4n) is 3.04. The van der Waals surface area contributed by atoms with Gasteiger partial charge in [-0.1, -0.05) is 36.8 Å². The van der Waals surface area contributed by atoms with Gasteiger partial charge in [0.2, 0.25) is 5.91 Å². The fourth-order valence-corrected chi connectivity index (χ4v) is 6.06. The van der Waals surface area contributed by atoms with Crippen molar-refractivity contribution in [1.29, 1.82) is 0 Å². The second-order valence-electron chi connectivity index (χ2n) is 6.45. The second kappa shape index (κ2) is 8.79. The van der Waals surface area contributed by atoms with Crippen molar-refractivity contribution >= 4 is 27.3 Å². The lowest BCUT2D eigenvalue weighted by Crippen LogP contribution is -2.35. The fraction of sp³-hybridized carbons (Fsp3) is 0.421. The Morgan fingerprint density at radius 3 is 2.50 bits per heavy atom. The first-order valence-corrected chi connectivity index (χ1v) is 11.2. The first kappa shape index (κ1) is 19.1. The number of hydrogen-bond acceptors (Lipinski definition) is 4. The molecule has 2 aromatic rings. The van der Waals surface area contributed by atoms with Crippen molar-refractivity contribution in [2.45, 2.75) is 36.3 Å². The van der Waals surface area contributed by atoms with Crippen molar-refractivity contribution in [1.82, 2.24) is 9.62 Å². The van der Waals surface area contributed by atoms with E-state index in [9.17, 15) is 13.2 Å². The van der Waals surface area contributed by atoms with Crippen molar-refractivity contribution in [3.05, 3.63) is 52.9 Å². The third-order valence-corrected chi connectivity index (χ3v) is 7.91. The van der Waals surface area contributed by atoms with Gasteiger partial charge in [-0.05, 0) is 37.0 Å². The molecule has 1 aromatic carbocycles. The van der Waals surface area contributed by atoms with Gasteiger partial charge >= 0.3 is 0 Å². The van der Waals surface area contributed by atoms with Gasteiger partial charge in [-0.25, -0.2) is 8.42 Å². The quantitative estimate of drug-likeness (QED) is 0.788. The minimum atomic E-state index is -3.41. The third kappa shape index (κ3) is 4.93. The van der Waals surface area contributed by atoms with Crippen molar-refractivity contribution in [3.8, 4) is 0 Å². The Bertz CT molecular complexity index is 825. The van der Waals surface area contributed by atoms with Gasteiger partial charge in [0.05, 0.1) is 6.42 Å². The van der Waals surface area contributed by atoms with E-state index < -0.39 is 10.0 Å². The summed E-state index contributed by atoms with van der Waals surface area (Å²) in [5, 5.41) is 2.90. The number of rotatable bonds is 7. The topological polar surface area (TPSA) is 66.5 Å². The van der Waals surface area contributed by atoms with Crippen LogP contribution in [0.2, 0.25) is 0 Å². The Kier molecular flexibility index (Phi) is 6.45. The number of sulfonamides is 1. The van der Waals surface area contributed by atoms with Crippen LogP contribution >= 0.6 is 11.3 Å². The van der Waals surface area contributed by atoms with E-state index in [1.165, 1.54) is 16.9 Å². The molecule has 0 unspecified atom stereocenters. The van der Waals surface area contributed by atoms with Gasteiger partial charge in [0.15, 0.2) is 0 Å². The summed E-state index contributed by atoms with van der Waals surface area (Å²) in [5.74, 6) is -0.0790. The lowest BCUT2D eigenvalue weighted by molar-refractivity contribution is -0.120. The number of thiophene rings is 1. The van der Waals surface area contributed by atoms with E-state index in [0.29, 0.717) is 23.8 Å². The summed E-state index contributed by atoms with van der Waals surface area (Å²) in [5.41, 5.74) is 1.18. The molecule has 140 valence electrons. The molecule has 1 aromatic heterocycles. The number of benzene rings is 1. The molecule has 0 atom stereocenters. The number of carbonyl (C=O) groups excluding carboxylic acids is 1. The number of nitrogens with zero attached hydrogens (tertiary/aromatic N) is 1.